The molecule has 0 fully saturated rings. The van der Waals surface area contributed by atoms with Crippen LogP contribution in [-0.2, 0) is 4.79 Å². The molecule has 1 aliphatic rings. The summed E-state index contributed by atoms with van der Waals surface area (Å²) in [6.45, 7) is 6.41. The van der Waals surface area contributed by atoms with E-state index in [4.69, 9.17) is 0 Å². The van der Waals surface area contributed by atoms with Crippen molar-refractivity contribution in [1.82, 2.24) is 5.32 Å². The molecule has 1 amide bonds. The fourth-order valence-electron chi connectivity index (χ4n) is 2.25. The number of rotatable bonds is 0. The van der Waals surface area contributed by atoms with Gasteiger partial charge in [-0.15, -0.1) is 0 Å². The third-order valence-corrected chi connectivity index (χ3v) is 4.37. The van der Waals surface area contributed by atoms with Crippen LogP contribution in [-0.4, -0.2) is 23.2 Å². The van der Waals surface area contributed by atoms with E-state index in [0.717, 1.165) is 0 Å². The summed E-state index contributed by atoms with van der Waals surface area (Å²) in [7, 11) is 0. The average Bonchev–Trinajstić information content (AvgIpc) is 2.68. The zero-order valence-electron chi connectivity index (χ0n) is 17.6. The Hall–Kier alpha value is -2.91. The van der Waals surface area contributed by atoms with Gasteiger partial charge in [0.2, 0.25) is 5.91 Å². The summed E-state index contributed by atoms with van der Waals surface area (Å²) in [5.74, 6) is 0.105. The van der Waals surface area contributed by atoms with E-state index in [9.17, 15) is 9.90 Å². The molecule has 154 valence electrons. The molecule has 0 bridgehead atoms. The van der Waals surface area contributed by atoms with Gasteiger partial charge < -0.3 is 10.4 Å². The lowest BCUT2D eigenvalue weighted by atomic mass is 9.90. The molecule has 0 saturated carbocycles. The lowest BCUT2D eigenvalue weighted by Crippen LogP contribution is -2.28. The van der Waals surface area contributed by atoms with Gasteiger partial charge in [0.05, 0.1) is 5.60 Å². The van der Waals surface area contributed by atoms with Gasteiger partial charge in [0.25, 0.3) is 0 Å². The highest BCUT2D eigenvalue weighted by Gasteiger charge is 2.22. The predicted molar refractivity (Wildman–Crippen MR) is 124 cm³/mol. The van der Waals surface area contributed by atoms with Crippen LogP contribution in [0, 0.1) is 11.8 Å². The summed E-state index contributed by atoms with van der Waals surface area (Å²) in [5.41, 5.74) is -0.938. The van der Waals surface area contributed by atoms with Gasteiger partial charge in [-0.05, 0) is 12.8 Å². The van der Waals surface area contributed by atoms with Crippen molar-refractivity contribution in [3.63, 3.8) is 0 Å². The Morgan fingerprint density at radius 1 is 0.793 bits per heavy atom. The van der Waals surface area contributed by atoms with Crippen molar-refractivity contribution in [2.75, 3.05) is 6.54 Å². The molecule has 3 heteroatoms. The van der Waals surface area contributed by atoms with Gasteiger partial charge in [0, 0.05) is 18.5 Å². The topological polar surface area (TPSA) is 49.3 Å². The molecular formula is C26H33NO2. The van der Waals surface area contributed by atoms with E-state index in [2.05, 4.69) is 18.3 Å². The molecule has 0 aliphatic carbocycles. The SMILES string of the molecule is CC1\C=C/C=C\C=C/C=C\C=C/C(C)C(C)(O)/C=C/C=C\C=C/C=C/C(=O)NC1. The van der Waals surface area contributed by atoms with E-state index in [1.54, 1.807) is 25.2 Å². The fourth-order valence-corrected chi connectivity index (χ4v) is 2.25. The van der Waals surface area contributed by atoms with Gasteiger partial charge in [0.15, 0.2) is 0 Å². The van der Waals surface area contributed by atoms with Crippen LogP contribution in [0.3, 0.4) is 0 Å². The average molecular weight is 392 g/mol. The second-order valence-electron chi connectivity index (χ2n) is 7.15. The molecule has 0 aromatic carbocycles. The van der Waals surface area contributed by atoms with Crippen molar-refractivity contribution >= 4 is 5.91 Å². The Balaban J connectivity index is 2.86. The van der Waals surface area contributed by atoms with E-state index < -0.39 is 5.60 Å². The number of aliphatic hydroxyl groups is 1. The highest BCUT2D eigenvalue weighted by Crippen LogP contribution is 2.19. The third-order valence-electron chi connectivity index (χ3n) is 4.37. The first-order valence-electron chi connectivity index (χ1n) is 9.96. The third kappa shape index (κ3) is 12.2. The molecule has 0 aromatic heterocycles. The van der Waals surface area contributed by atoms with Crippen molar-refractivity contribution in [2.24, 2.45) is 11.8 Å². The van der Waals surface area contributed by atoms with Crippen LogP contribution >= 0.6 is 0 Å². The molecule has 3 unspecified atom stereocenters. The smallest absolute Gasteiger partial charge is 0.243 e. The monoisotopic (exact) mass is 391 g/mol. The number of allylic oxidation sites excluding steroid dienone is 14. The summed E-state index contributed by atoms with van der Waals surface area (Å²) in [5, 5.41) is 13.4. The van der Waals surface area contributed by atoms with Crippen molar-refractivity contribution in [3.05, 3.63) is 109 Å². The van der Waals surface area contributed by atoms with Crippen LogP contribution in [0.2, 0.25) is 0 Å². The van der Waals surface area contributed by atoms with Crippen LogP contribution in [0.25, 0.3) is 0 Å². The summed E-state index contributed by atoms with van der Waals surface area (Å²) in [4.78, 5) is 11.8. The van der Waals surface area contributed by atoms with Crippen molar-refractivity contribution in [3.8, 4) is 0 Å². The number of carbonyl (C=O) groups is 1. The van der Waals surface area contributed by atoms with Crippen LogP contribution < -0.4 is 5.32 Å². The Labute approximate surface area is 175 Å². The fraction of sp³-hybridized carbons (Fsp3) is 0.269. The molecule has 29 heavy (non-hydrogen) atoms. The molecule has 1 aliphatic heterocycles. The highest BCUT2D eigenvalue weighted by molar-refractivity contribution is 5.87. The Morgan fingerprint density at radius 2 is 1.28 bits per heavy atom. The predicted octanol–water partition coefficient (Wildman–Crippen LogP) is 5.15. The van der Waals surface area contributed by atoms with Gasteiger partial charge in [-0.1, -0.05) is 117 Å². The molecule has 0 saturated heterocycles. The zero-order valence-corrected chi connectivity index (χ0v) is 17.6. The molecule has 1 heterocycles. The van der Waals surface area contributed by atoms with Gasteiger partial charge in [0.1, 0.15) is 0 Å². The number of amides is 1. The van der Waals surface area contributed by atoms with Crippen molar-refractivity contribution < 1.29 is 9.90 Å². The van der Waals surface area contributed by atoms with E-state index in [1.807, 2.05) is 85.9 Å². The van der Waals surface area contributed by atoms with Crippen LogP contribution in [0.15, 0.2) is 109 Å². The summed E-state index contributed by atoms with van der Waals surface area (Å²) < 4.78 is 0. The van der Waals surface area contributed by atoms with Gasteiger partial charge in [-0.3, -0.25) is 4.79 Å². The van der Waals surface area contributed by atoms with Gasteiger partial charge in [-0.2, -0.15) is 0 Å². The molecule has 3 atom stereocenters. The van der Waals surface area contributed by atoms with E-state index >= 15 is 0 Å². The maximum absolute atomic E-state index is 11.8. The molecule has 0 aromatic rings. The van der Waals surface area contributed by atoms with E-state index in [-0.39, 0.29) is 17.7 Å². The van der Waals surface area contributed by atoms with Crippen molar-refractivity contribution in [1.29, 1.82) is 0 Å². The Morgan fingerprint density at radius 3 is 1.90 bits per heavy atom. The first-order valence-corrected chi connectivity index (χ1v) is 9.96. The summed E-state index contributed by atoms with van der Waals surface area (Å²) >= 11 is 0. The minimum atomic E-state index is -0.938. The molecule has 0 spiro atoms. The molecule has 1 rings (SSSR count). The standard InChI is InChI=1S/C26H33NO2/c1-23-18-14-10-6-4-5-7-11-15-19-24(2)26(3,29)21-17-13-9-8-12-16-20-25(28)27-22-23/h4-21,23-24,29H,22H2,1-3H3,(H,27,28)/b5-4-,10-6-,11-7-,12-8-,13-9-,18-14-,19-15-,20-16+,21-17+. The lowest BCUT2D eigenvalue weighted by molar-refractivity contribution is -0.116. The first kappa shape index (κ1) is 24.1. The van der Waals surface area contributed by atoms with E-state index in [1.165, 1.54) is 6.08 Å². The maximum atomic E-state index is 11.8. The second-order valence-corrected chi connectivity index (χ2v) is 7.15. The van der Waals surface area contributed by atoms with Gasteiger partial charge >= 0.3 is 0 Å². The normalized spacial score (nSPS) is 37.0. The summed E-state index contributed by atoms with van der Waals surface area (Å²) in [6.07, 6.45) is 33.8. The maximum Gasteiger partial charge on any atom is 0.243 e. The zero-order chi connectivity index (χ0) is 21.4. The largest absolute Gasteiger partial charge is 0.385 e. The number of carbonyl (C=O) groups excluding carboxylic acids is 1. The number of nitrogens with one attached hydrogen (secondary N) is 1. The molecule has 3 nitrogen and oxygen atoms in total. The summed E-state index contributed by atoms with van der Waals surface area (Å²) in [6, 6.07) is 0. The first-order chi connectivity index (χ1) is 13.9. The number of hydrogen-bond acceptors (Lipinski definition) is 2. The van der Waals surface area contributed by atoms with Crippen LogP contribution in [0.5, 0.6) is 0 Å². The minimum Gasteiger partial charge on any atom is -0.385 e. The number of hydrogen-bond donors (Lipinski definition) is 2. The Kier molecular flexibility index (Phi) is 11.8. The molecular weight excluding hydrogens is 358 g/mol. The van der Waals surface area contributed by atoms with Crippen LogP contribution in [0.1, 0.15) is 20.8 Å². The highest BCUT2D eigenvalue weighted by atomic mass is 16.3. The Bertz CT molecular complexity index is 756. The van der Waals surface area contributed by atoms with Crippen molar-refractivity contribution in [2.45, 2.75) is 26.4 Å². The molecule has 0 radical (unpaired) electrons. The van der Waals surface area contributed by atoms with Crippen LogP contribution in [0.4, 0.5) is 0 Å². The quantitative estimate of drug-likeness (QED) is 0.600. The lowest BCUT2D eigenvalue weighted by Gasteiger charge is -2.24. The minimum absolute atomic E-state index is 0.0321. The van der Waals surface area contributed by atoms with Gasteiger partial charge in [-0.25, -0.2) is 0 Å². The second kappa shape index (κ2) is 14.1. The molecule has 2 N–H and O–H groups in total. The van der Waals surface area contributed by atoms with E-state index in [0.29, 0.717) is 6.54 Å².